The predicted molar refractivity (Wildman–Crippen MR) is 631 cm³/mol. The van der Waals surface area contributed by atoms with Crippen molar-refractivity contribution in [2.24, 2.45) is 27.6 Å². The van der Waals surface area contributed by atoms with Crippen LogP contribution >= 0.6 is 0 Å². The number of aryl methyl sites for hydroxylation is 16. The zero-order chi connectivity index (χ0) is 109. The molecule has 0 aliphatic carbocycles. The quantitative estimate of drug-likeness (QED) is 0.0751. The second kappa shape index (κ2) is 53.3. The van der Waals surface area contributed by atoms with E-state index in [1.165, 1.54) is 206 Å². The van der Waals surface area contributed by atoms with E-state index in [0.717, 1.165) is 58.6 Å². The van der Waals surface area contributed by atoms with E-state index in [0.29, 0.717) is 28.2 Å². The molecule has 16 aromatic carbocycles. The van der Waals surface area contributed by atoms with Crippen LogP contribution in [0.3, 0.4) is 0 Å². The Morgan fingerprint density at radius 1 is 0.182 bits per heavy atom. The molecule has 16 aromatic rings. The molecule has 0 fully saturated rings. The Kier molecular flexibility index (Phi) is 42.7. The Labute approximate surface area is 888 Å². The summed E-state index contributed by atoms with van der Waals surface area (Å²) in [5.41, 5.74) is 46.7. The van der Waals surface area contributed by atoms with Crippen LogP contribution in [-0.4, -0.2) is 12.4 Å². The van der Waals surface area contributed by atoms with Gasteiger partial charge in [-0.15, -0.1) is 0 Å². The zero-order valence-corrected chi connectivity index (χ0v) is 94.9. The first-order valence-electron chi connectivity index (χ1n) is 52.8. The molecule has 0 N–H and O–H groups in total. The largest absolute Gasteiger partial charge is 0.394 e. The molecule has 0 aromatic heterocycles. The first-order valence-corrected chi connectivity index (χ1v) is 52.8. The third-order valence-electron chi connectivity index (χ3n) is 27.5. The highest BCUT2D eigenvalue weighted by Crippen LogP contribution is 2.44. The van der Waals surface area contributed by atoms with Crippen LogP contribution in [0.4, 0.5) is 26.3 Å². The maximum Gasteiger partial charge on any atom is 0.394 e. The van der Waals surface area contributed by atoms with Crippen molar-refractivity contribution in [2.75, 3.05) is 0 Å². The van der Waals surface area contributed by atoms with Gasteiger partial charge in [0.15, 0.2) is 0 Å². The van der Waals surface area contributed by atoms with Crippen molar-refractivity contribution in [3.05, 3.63) is 474 Å². The molecule has 148 heavy (non-hydrogen) atoms. The van der Waals surface area contributed by atoms with Gasteiger partial charge in [0.25, 0.3) is 0 Å². The molecule has 0 amide bonds. The lowest BCUT2D eigenvalue weighted by atomic mass is 9.84. The smallest absolute Gasteiger partial charge is 0.171 e. The van der Waals surface area contributed by atoms with Crippen LogP contribution in [0.25, 0.3) is 89.0 Å². The van der Waals surface area contributed by atoms with Crippen LogP contribution in [-0.2, 0) is 32.1 Å². The van der Waals surface area contributed by atoms with Crippen molar-refractivity contribution in [1.29, 1.82) is 0 Å². The van der Waals surface area contributed by atoms with Gasteiger partial charge in [-0.05, 0) is 355 Å². The van der Waals surface area contributed by atoms with E-state index in [1.807, 2.05) is 62.4 Å². The zero-order valence-electron chi connectivity index (χ0n) is 94.9. The third kappa shape index (κ3) is 36.5. The molecule has 0 aliphatic heterocycles. The number of benzene rings is 16. The first-order chi connectivity index (χ1) is 69.4. The summed E-state index contributed by atoms with van der Waals surface area (Å²) in [6.07, 6.45) is -5.01. The van der Waals surface area contributed by atoms with Gasteiger partial charge in [-0.1, -0.05) is 490 Å². The van der Waals surface area contributed by atoms with E-state index < -0.39 is 23.2 Å². The van der Waals surface area contributed by atoms with Crippen molar-refractivity contribution in [2.45, 2.75) is 278 Å². The normalized spacial score (nSPS) is 11.5. The van der Waals surface area contributed by atoms with Gasteiger partial charge in [0, 0.05) is 0 Å². The molecular formula is C142H166F6. The Morgan fingerprint density at radius 3 is 0.730 bits per heavy atom. The number of rotatable bonds is 18. The van der Waals surface area contributed by atoms with Crippen LogP contribution in [0, 0.1) is 138 Å². The Balaban J connectivity index is 0.000000189. The molecule has 776 valence electrons. The van der Waals surface area contributed by atoms with Crippen molar-refractivity contribution >= 4 is 0 Å². The minimum atomic E-state index is -4.20. The number of hydrogen-bond acceptors (Lipinski definition) is 0. The maximum absolute atomic E-state index is 13.0. The summed E-state index contributed by atoms with van der Waals surface area (Å²) in [7, 11) is 0. The first kappa shape index (κ1) is 119. The molecule has 6 heteroatoms. The molecule has 0 nitrogen and oxygen atoms in total. The summed E-state index contributed by atoms with van der Waals surface area (Å²) >= 11 is 0. The van der Waals surface area contributed by atoms with Crippen LogP contribution < -0.4 is 0 Å². The van der Waals surface area contributed by atoms with Gasteiger partial charge >= 0.3 is 12.4 Å². The van der Waals surface area contributed by atoms with E-state index >= 15 is 0 Å². The second-order valence-electron chi connectivity index (χ2n) is 46.1. The molecule has 0 aliphatic rings. The topological polar surface area (TPSA) is 0 Å². The molecule has 0 atom stereocenters. The third-order valence-corrected chi connectivity index (χ3v) is 27.5. The van der Waals surface area contributed by atoms with E-state index in [2.05, 4.69) is 459 Å². The summed E-state index contributed by atoms with van der Waals surface area (Å²) < 4.78 is 78.1. The molecule has 0 heterocycles. The van der Waals surface area contributed by atoms with Crippen molar-refractivity contribution in [1.82, 2.24) is 0 Å². The number of halogens is 6. The fourth-order valence-electron chi connectivity index (χ4n) is 18.4. The van der Waals surface area contributed by atoms with Crippen LogP contribution in [0.15, 0.2) is 346 Å². The standard InChI is InChI=1S/C21H25F3.C21H28.C19H21F3.C19H24.C18H22.2C15H16.C14H14/c1-14(2)19-12-18(9-6-15(19)3)17-10-7-16(8-11-17)13-20(4,5)21(22,23)24;1-15(2)20-13-19(10-7-16(20)3)18-11-8-17(9-12-18)14-21(4,5)6;1-13-5-8-16(9-6-13)17-10-7-15(11-14(17)2)12-18(3,4)19(20,21)22;1-14-6-9-17(10-7-14)18-11-8-16(12-15(18)2)13-19(3,4)5;1-13(2)11-16-7-10-18(15(4)12-16)17-8-5-14(3)6-9-17;1-11-4-7-14(8-5-11)15-9-6-12(2)10-13(15)3;1-11-8-9-14(10-13(11)3)15-7-5-4-6-12(15)2;1-11-7-9-13(10-8-11)14-6-4-3-5-12(14)2/h6-12,14H,13H2,1-5H3;7-13,15H,14H2,1-6H3;5-11H,12H2,1-4H3;6-12H,13H2,1-5H3;5-10,12-13H,11H2,1-4H3;2*4-10H,1-3H3;3-10H,1-2H3. The fourth-order valence-corrected chi connectivity index (χ4v) is 18.4. The predicted octanol–water partition coefficient (Wildman–Crippen LogP) is 42.6. The summed E-state index contributed by atoms with van der Waals surface area (Å²) in [6, 6.07) is 122. The van der Waals surface area contributed by atoms with Gasteiger partial charge in [0.1, 0.15) is 0 Å². The summed E-state index contributed by atoms with van der Waals surface area (Å²) in [4.78, 5) is 0. The molecular weight excluding hydrogens is 1820 g/mol. The Morgan fingerprint density at radius 2 is 0.426 bits per heavy atom. The Bertz CT molecular complexity index is 6890. The molecule has 16 rings (SSSR count). The lowest BCUT2D eigenvalue weighted by molar-refractivity contribution is -0.211. The molecule has 0 saturated heterocycles. The van der Waals surface area contributed by atoms with Gasteiger partial charge < -0.3 is 0 Å². The monoisotopic (exact) mass is 1990 g/mol. The van der Waals surface area contributed by atoms with E-state index in [4.69, 9.17) is 0 Å². The highest BCUT2D eigenvalue weighted by Gasteiger charge is 2.48. The van der Waals surface area contributed by atoms with Gasteiger partial charge in [-0.2, -0.15) is 26.3 Å². The van der Waals surface area contributed by atoms with Crippen molar-refractivity contribution in [3.63, 3.8) is 0 Å². The Hall–Kier alpha value is -12.9. The fraction of sp³-hybridized carbons (Fsp3) is 0.324. The van der Waals surface area contributed by atoms with Crippen LogP contribution in [0.2, 0.25) is 0 Å². The van der Waals surface area contributed by atoms with Gasteiger partial charge in [0.2, 0.25) is 0 Å². The van der Waals surface area contributed by atoms with E-state index in [-0.39, 0.29) is 12.8 Å². The van der Waals surface area contributed by atoms with Crippen molar-refractivity contribution in [3.8, 4) is 89.0 Å². The minimum absolute atomic E-state index is 0.00841. The molecule has 0 radical (unpaired) electrons. The van der Waals surface area contributed by atoms with Crippen LogP contribution in [0.5, 0.6) is 0 Å². The molecule has 0 saturated carbocycles. The highest BCUT2D eigenvalue weighted by atomic mass is 19.4. The van der Waals surface area contributed by atoms with Gasteiger partial charge in [0.05, 0.1) is 10.8 Å². The second-order valence-corrected chi connectivity index (χ2v) is 46.1. The van der Waals surface area contributed by atoms with Crippen molar-refractivity contribution < 1.29 is 26.3 Å². The van der Waals surface area contributed by atoms with E-state index in [9.17, 15) is 26.3 Å². The molecule has 0 spiro atoms. The number of hydrogen-bond donors (Lipinski definition) is 0. The van der Waals surface area contributed by atoms with Crippen LogP contribution in [0.1, 0.15) is 251 Å². The lowest BCUT2D eigenvalue weighted by Gasteiger charge is -2.28. The SMILES string of the molecule is Cc1ccc(-c2ccc(C)cc2C)cc1.Cc1ccc(-c2ccc(CC(C)(C)C(F)(F)F)cc2)cc1C(C)C.Cc1ccc(-c2ccc(CC(C)(C)C(F)(F)F)cc2C)cc1.Cc1ccc(-c2ccc(CC(C)(C)C)cc2)cc1C(C)C.Cc1ccc(-c2ccc(CC(C)(C)C)cc2C)cc1.Cc1ccc(-c2ccc(CC(C)C)cc2C)cc1.Cc1ccc(-c2ccccc2C)cc1.Cc1ccc(-c2ccccc2C)cc1C. The minimum Gasteiger partial charge on any atom is -0.171 e. The maximum atomic E-state index is 13.0. The average molecular weight is 1990 g/mol. The van der Waals surface area contributed by atoms with E-state index in [1.54, 1.807) is 18.2 Å². The average Bonchev–Trinajstić information content (AvgIpc) is 0.801. The van der Waals surface area contributed by atoms with Gasteiger partial charge in [-0.3, -0.25) is 0 Å². The molecule has 0 unspecified atom stereocenters. The molecule has 0 bridgehead atoms. The lowest BCUT2D eigenvalue weighted by Crippen LogP contribution is -2.34. The van der Waals surface area contributed by atoms with Gasteiger partial charge in [-0.25, -0.2) is 0 Å². The summed E-state index contributed by atoms with van der Waals surface area (Å²) in [5, 5.41) is 0. The number of alkyl halides is 6. The highest BCUT2D eigenvalue weighted by molar-refractivity contribution is 5.74. The summed E-state index contributed by atoms with van der Waals surface area (Å²) in [5.74, 6) is 1.73. The summed E-state index contributed by atoms with van der Waals surface area (Å²) in [6.45, 7) is 66.2.